The molecule has 1 fully saturated rings. The van der Waals surface area contributed by atoms with Gasteiger partial charge in [0.1, 0.15) is 4.21 Å². The molecule has 0 radical (unpaired) electrons. The minimum atomic E-state index is -3.94. The van der Waals surface area contributed by atoms with Gasteiger partial charge in [-0.2, -0.15) is 31.1 Å². The quantitative estimate of drug-likeness (QED) is 0.0349. The molecule has 2 amide bonds. The maximum atomic E-state index is 10.5. The summed E-state index contributed by atoms with van der Waals surface area (Å²) < 4.78 is 32.4. The van der Waals surface area contributed by atoms with Gasteiger partial charge in [0, 0.05) is 56.1 Å². The van der Waals surface area contributed by atoms with Gasteiger partial charge in [-0.15, -0.1) is 45.3 Å². The van der Waals surface area contributed by atoms with Gasteiger partial charge in [-0.1, -0.05) is 61.6 Å². The molecule has 0 spiro atoms. The minimum absolute atomic E-state index is 0.0116. The molecular weight excluding hydrogens is 1400 g/mol. The number of halogens is 5. The predicted molar refractivity (Wildman–Crippen MR) is 291 cm³/mol. The van der Waals surface area contributed by atoms with E-state index >= 15 is 0 Å². The summed E-state index contributed by atoms with van der Waals surface area (Å²) in [6, 6.07) is 24.0. The largest absolute Gasteiger partial charge is 0.324 e. The standard InChI is InChI=1S/C6H6OS.C5H6S.C4H4BrNO2.C4H3BrS.C4H3IS.C4H3NO2S.C4H4O3S2.C4H4S.C2H6.I2/c1-5(7)6-3-2-4-8-6;1-5-2-3-6-4-5;5-6-3(7)1-2-4(6)8;2*5-4-2-1-3-6-4;6-5(7)4-2-1-3-8-4;5-9(6,7)4-2-1-3-8-4;1-2-4-5-3-1;2*1-2/h2-4H,1H3;2-4H,1H3;1-2H2;2*1-3H;1-3H;1-3H,(H,5,6,7);1-4H;1-2H3;. The van der Waals surface area contributed by atoms with E-state index in [4.69, 9.17) is 4.55 Å². The highest BCUT2D eigenvalue weighted by atomic mass is 128. The van der Waals surface area contributed by atoms with Crippen molar-refractivity contribution in [3.63, 3.8) is 0 Å². The fraction of sp³-hybridized carbons (Fsp3) is 0.162. The van der Waals surface area contributed by atoms with E-state index in [0.29, 0.717) is 12.8 Å². The van der Waals surface area contributed by atoms with Crippen LogP contribution in [0.5, 0.6) is 0 Å². The van der Waals surface area contributed by atoms with E-state index < -0.39 is 15.0 Å². The van der Waals surface area contributed by atoms with Gasteiger partial charge in [0.15, 0.2) is 5.78 Å². The number of carbonyl (C=O) groups excluding carboxylic acids is 3. The third kappa shape index (κ3) is 33.7. The zero-order chi connectivity index (χ0) is 45.8. The Morgan fingerprint density at radius 3 is 1.45 bits per heavy atom. The summed E-state index contributed by atoms with van der Waals surface area (Å²) in [5, 5.41) is 27.6. The van der Waals surface area contributed by atoms with Crippen LogP contribution in [0.25, 0.3) is 0 Å². The molecule has 10 nitrogen and oxygen atoms in total. The van der Waals surface area contributed by atoms with Crippen molar-refractivity contribution in [3.05, 3.63) is 155 Å². The zero-order valence-electron chi connectivity index (χ0n) is 32.0. The Morgan fingerprint density at radius 1 is 0.750 bits per heavy atom. The van der Waals surface area contributed by atoms with Crippen molar-refractivity contribution in [2.75, 3.05) is 0 Å². The fourth-order valence-corrected chi connectivity index (χ4v) is 8.89. The number of aryl methyl sites for hydroxylation is 1. The molecule has 0 atom stereocenters. The Morgan fingerprint density at radius 2 is 1.27 bits per heavy atom. The summed E-state index contributed by atoms with van der Waals surface area (Å²) in [6.45, 7) is 7.67. The lowest BCUT2D eigenvalue weighted by Crippen LogP contribution is -2.16. The van der Waals surface area contributed by atoms with Gasteiger partial charge in [0.05, 0.1) is 32.6 Å². The van der Waals surface area contributed by atoms with Crippen LogP contribution in [0, 0.1) is 19.9 Å². The Bertz CT molecular complexity index is 1970. The number of imide groups is 1. The summed E-state index contributed by atoms with van der Waals surface area (Å²) in [4.78, 5) is 41.7. The number of carbonyl (C=O) groups is 3. The van der Waals surface area contributed by atoms with Crippen LogP contribution in [0.3, 0.4) is 0 Å². The molecule has 23 heteroatoms. The molecular formula is C37H39Br2I3N2O8S8. The minimum Gasteiger partial charge on any atom is -0.294 e. The molecule has 328 valence electrons. The van der Waals surface area contributed by atoms with E-state index in [1.165, 1.54) is 35.7 Å². The second-order valence-corrected chi connectivity index (χ2v) is 21.6. The summed E-state index contributed by atoms with van der Waals surface area (Å²) in [5.74, 6) is -0.134. The number of nitro groups is 1. The average Bonchev–Trinajstić information content (AvgIpc) is 4.08. The van der Waals surface area contributed by atoms with Crippen molar-refractivity contribution < 1.29 is 32.3 Å². The van der Waals surface area contributed by atoms with Crippen LogP contribution in [0.2, 0.25) is 0 Å². The van der Waals surface area contributed by atoms with Gasteiger partial charge in [-0.3, -0.25) is 29.1 Å². The smallest absolute Gasteiger partial charge is 0.294 e. The molecule has 0 unspecified atom stereocenters. The van der Waals surface area contributed by atoms with Crippen molar-refractivity contribution >= 4 is 204 Å². The van der Waals surface area contributed by atoms with Crippen molar-refractivity contribution in [1.82, 2.24) is 3.93 Å². The second-order valence-electron chi connectivity index (χ2n) is 9.65. The first-order chi connectivity index (χ1) is 28.6. The Labute approximate surface area is 433 Å². The summed E-state index contributed by atoms with van der Waals surface area (Å²) in [5.41, 5.74) is 1.36. The van der Waals surface area contributed by atoms with Crippen molar-refractivity contribution in [2.24, 2.45) is 0 Å². The third-order valence-electron chi connectivity index (χ3n) is 5.36. The van der Waals surface area contributed by atoms with Gasteiger partial charge in [-0.25, -0.2) is 3.93 Å². The molecule has 1 aliphatic rings. The molecule has 0 bridgehead atoms. The summed E-state index contributed by atoms with van der Waals surface area (Å²) >= 11 is 23.2. The summed E-state index contributed by atoms with van der Waals surface area (Å²) in [7, 11) is -3.94. The molecule has 1 N–H and O–H groups in total. The van der Waals surface area contributed by atoms with E-state index in [9.17, 15) is 32.9 Å². The Hall–Kier alpha value is -0.830. The monoisotopic (exact) mass is 1430 g/mol. The van der Waals surface area contributed by atoms with E-state index in [1.807, 2.05) is 77.8 Å². The number of rotatable bonds is 3. The zero-order valence-corrected chi connectivity index (χ0v) is 48.1. The number of hydrogen-bond acceptors (Lipinski definition) is 14. The molecule has 8 rings (SSSR count). The number of amides is 2. The number of thiophene rings is 7. The molecule has 60 heavy (non-hydrogen) atoms. The second kappa shape index (κ2) is 39.7. The Balaban J connectivity index is 0. The van der Waals surface area contributed by atoms with Gasteiger partial charge in [0.25, 0.3) is 0 Å². The normalized spacial score (nSPS) is 10.4. The maximum Gasteiger partial charge on any atom is 0.324 e. The van der Waals surface area contributed by atoms with E-state index in [0.717, 1.165) is 31.5 Å². The first-order valence-corrected chi connectivity index (χ1v) is 32.9. The van der Waals surface area contributed by atoms with E-state index in [1.54, 1.807) is 75.2 Å². The van der Waals surface area contributed by atoms with Crippen LogP contribution >= 0.6 is 171 Å². The molecule has 0 saturated carbocycles. The molecule has 0 aliphatic carbocycles. The first kappa shape index (κ1) is 61.3. The van der Waals surface area contributed by atoms with Crippen LogP contribution in [0.15, 0.2) is 135 Å². The molecule has 0 aromatic carbocycles. The van der Waals surface area contributed by atoms with Crippen molar-refractivity contribution in [3.8, 4) is 0 Å². The lowest BCUT2D eigenvalue weighted by atomic mass is 10.4. The highest BCUT2D eigenvalue weighted by Gasteiger charge is 2.26. The van der Waals surface area contributed by atoms with Crippen molar-refractivity contribution in [1.29, 1.82) is 0 Å². The van der Waals surface area contributed by atoms with E-state index in [2.05, 4.69) is 127 Å². The Kier molecular flexibility index (Phi) is 40.6. The average molecular weight is 1440 g/mol. The SMILES string of the molecule is Brc1cccs1.CC.CC(=O)c1cccs1.Cc1ccsc1.II.Ic1cccs1.O=C1CCC(=O)N1Br.O=S(=O)(O)c1cccs1.O=[N+]([O-])c1cccs1.c1ccsc1. The number of ketones is 1. The summed E-state index contributed by atoms with van der Waals surface area (Å²) in [6.07, 6.45) is 0.703. The van der Waals surface area contributed by atoms with Gasteiger partial charge < -0.3 is 0 Å². The highest BCUT2D eigenvalue weighted by Crippen LogP contribution is 2.18. The lowest BCUT2D eigenvalue weighted by Gasteiger charge is -1.97. The van der Waals surface area contributed by atoms with Crippen LogP contribution in [-0.4, -0.2) is 39.4 Å². The number of Topliss-reactive ketones (excluding diaryl/α,β-unsaturated/α-hetero) is 1. The molecule has 7 aromatic heterocycles. The predicted octanol–water partition coefficient (Wildman–Crippen LogP) is 16.5. The third-order valence-corrected chi connectivity index (χ3v) is 14.9. The molecule has 1 saturated heterocycles. The topological polar surface area (TPSA) is 152 Å². The van der Waals surface area contributed by atoms with Crippen molar-refractivity contribution in [2.45, 2.75) is 44.7 Å². The lowest BCUT2D eigenvalue weighted by molar-refractivity contribution is -0.380. The molecule has 8 heterocycles. The van der Waals surface area contributed by atoms with Gasteiger partial charge in [-0.05, 0) is 143 Å². The van der Waals surface area contributed by atoms with Crippen LogP contribution < -0.4 is 0 Å². The molecule has 7 aromatic rings. The highest BCUT2D eigenvalue weighted by molar-refractivity contribution is 15.0. The fourth-order valence-electron chi connectivity index (χ4n) is 2.89. The maximum absolute atomic E-state index is 10.5. The van der Waals surface area contributed by atoms with Crippen LogP contribution in [0.4, 0.5) is 5.00 Å². The van der Waals surface area contributed by atoms with E-state index in [-0.39, 0.29) is 26.8 Å². The van der Waals surface area contributed by atoms with Crippen LogP contribution in [0.1, 0.15) is 48.8 Å². The number of hydrogen-bond donors (Lipinski definition) is 1. The van der Waals surface area contributed by atoms with Gasteiger partial charge >= 0.3 is 15.1 Å². The number of nitrogens with zero attached hydrogens (tertiary/aromatic N) is 2. The van der Waals surface area contributed by atoms with Gasteiger partial charge in [0.2, 0.25) is 11.8 Å². The molecule has 1 aliphatic heterocycles. The first-order valence-electron chi connectivity index (χ1n) is 16.3. The van der Waals surface area contributed by atoms with Crippen LogP contribution in [-0.2, 0) is 19.7 Å².